The fourth-order valence-corrected chi connectivity index (χ4v) is 1.74. The first-order chi connectivity index (χ1) is 7.87. The minimum absolute atomic E-state index is 0.0991. The average molecular weight is 250 g/mol. The number of thiocarbonyl (C=S) groups is 1. The minimum Gasteiger partial charge on any atom is -0.358 e. The van der Waals surface area contributed by atoms with Crippen LogP contribution in [-0.4, -0.2) is 16.6 Å². The molecule has 0 heterocycles. The first-order valence-corrected chi connectivity index (χ1v) is 5.93. The summed E-state index contributed by atoms with van der Waals surface area (Å²) in [6.07, 6.45) is 0.340. The van der Waals surface area contributed by atoms with Crippen LogP contribution in [0.1, 0.15) is 26.3 Å². The number of hydrogen-bond donors (Lipinski definition) is 2. The monoisotopic (exact) mass is 250 g/mol. The van der Waals surface area contributed by atoms with Crippen molar-refractivity contribution >= 4 is 23.2 Å². The highest BCUT2D eigenvalue weighted by molar-refractivity contribution is 7.80. The standard InChI is InChI=1S/C13H18N2OS/c1-13(2,3)15-12(17)14-11(16)9-10-7-5-4-6-8-10/h4-8H,9H2,1-3H3,(H2,14,15,16,17). The summed E-state index contributed by atoms with van der Waals surface area (Å²) < 4.78 is 0. The van der Waals surface area contributed by atoms with E-state index < -0.39 is 0 Å². The lowest BCUT2D eigenvalue weighted by molar-refractivity contribution is -0.119. The number of hydrogen-bond acceptors (Lipinski definition) is 2. The van der Waals surface area contributed by atoms with Crippen molar-refractivity contribution in [2.75, 3.05) is 0 Å². The zero-order chi connectivity index (χ0) is 12.9. The van der Waals surface area contributed by atoms with E-state index in [1.54, 1.807) is 0 Å². The summed E-state index contributed by atoms with van der Waals surface area (Å²) >= 11 is 5.05. The van der Waals surface area contributed by atoms with Crippen LogP contribution in [0.2, 0.25) is 0 Å². The normalized spacial score (nSPS) is 10.8. The molecule has 4 heteroatoms. The van der Waals surface area contributed by atoms with Crippen molar-refractivity contribution in [3.05, 3.63) is 35.9 Å². The molecule has 0 aliphatic rings. The van der Waals surface area contributed by atoms with Crippen LogP contribution >= 0.6 is 12.2 Å². The number of rotatable bonds is 2. The number of amides is 1. The Morgan fingerprint density at radius 2 is 1.82 bits per heavy atom. The van der Waals surface area contributed by atoms with Gasteiger partial charge in [-0.05, 0) is 38.6 Å². The summed E-state index contributed by atoms with van der Waals surface area (Å²) in [6.45, 7) is 5.97. The van der Waals surface area contributed by atoms with Crippen LogP contribution in [0.4, 0.5) is 0 Å². The van der Waals surface area contributed by atoms with Gasteiger partial charge < -0.3 is 10.6 Å². The van der Waals surface area contributed by atoms with E-state index in [9.17, 15) is 4.79 Å². The van der Waals surface area contributed by atoms with Crippen molar-refractivity contribution in [2.24, 2.45) is 0 Å². The SMILES string of the molecule is CC(C)(C)NC(=S)NC(=O)Cc1ccccc1. The second-order valence-corrected chi connectivity index (χ2v) is 5.32. The van der Waals surface area contributed by atoms with Gasteiger partial charge in [0.05, 0.1) is 6.42 Å². The molecule has 0 aliphatic carbocycles. The van der Waals surface area contributed by atoms with Gasteiger partial charge >= 0.3 is 0 Å². The maximum atomic E-state index is 11.7. The summed E-state index contributed by atoms with van der Waals surface area (Å²) in [4.78, 5) is 11.7. The molecule has 0 aliphatic heterocycles. The molecule has 0 spiro atoms. The van der Waals surface area contributed by atoms with Crippen molar-refractivity contribution in [3.63, 3.8) is 0 Å². The minimum atomic E-state index is -0.142. The Kier molecular flexibility index (Phi) is 4.63. The molecule has 2 N–H and O–H groups in total. The molecule has 0 saturated carbocycles. The van der Waals surface area contributed by atoms with Gasteiger partial charge in [-0.15, -0.1) is 0 Å². The molecule has 1 rings (SSSR count). The molecule has 17 heavy (non-hydrogen) atoms. The fraction of sp³-hybridized carbons (Fsp3) is 0.385. The van der Waals surface area contributed by atoms with E-state index >= 15 is 0 Å². The average Bonchev–Trinajstić information content (AvgIpc) is 2.15. The number of benzene rings is 1. The Morgan fingerprint density at radius 1 is 1.24 bits per heavy atom. The highest BCUT2D eigenvalue weighted by atomic mass is 32.1. The molecule has 0 aromatic heterocycles. The summed E-state index contributed by atoms with van der Waals surface area (Å²) in [5.74, 6) is -0.0991. The van der Waals surface area contributed by atoms with Gasteiger partial charge in [0.25, 0.3) is 0 Å². The van der Waals surface area contributed by atoms with E-state index in [-0.39, 0.29) is 11.4 Å². The second-order valence-electron chi connectivity index (χ2n) is 4.91. The molecular weight excluding hydrogens is 232 g/mol. The smallest absolute Gasteiger partial charge is 0.230 e. The molecule has 1 aromatic carbocycles. The predicted molar refractivity (Wildman–Crippen MR) is 73.8 cm³/mol. The zero-order valence-corrected chi connectivity index (χ0v) is 11.2. The summed E-state index contributed by atoms with van der Waals surface area (Å²) in [5, 5.41) is 6.08. The van der Waals surface area contributed by atoms with Crippen molar-refractivity contribution in [2.45, 2.75) is 32.7 Å². The third-order valence-electron chi connectivity index (χ3n) is 1.95. The van der Waals surface area contributed by atoms with Crippen LogP contribution in [0, 0.1) is 0 Å². The molecule has 1 amide bonds. The van der Waals surface area contributed by atoms with Crippen LogP contribution in [0.15, 0.2) is 30.3 Å². The van der Waals surface area contributed by atoms with Gasteiger partial charge in [-0.25, -0.2) is 0 Å². The third kappa shape index (κ3) is 6.02. The Hall–Kier alpha value is -1.42. The first kappa shape index (κ1) is 13.6. The number of nitrogens with one attached hydrogen (secondary N) is 2. The lowest BCUT2D eigenvalue weighted by atomic mass is 10.1. The highest BCUT2D eigenvalue weighted by Gasteiger charge is 2.12. The van der Waals surface area contributed by atoms with Crippen molar-refractivity contribution in [3.8, 4) is 0 Å². The Bertz CT molecular complexity index is 396. The maximum absolute atomic E-state index is 11.7. The molecule has 0 atom stereocenters. The predicted octanol–water partition coefficient (Wildman–Crippen LogP) is 2.02. The molecule has 0 radical (unpaired) electrons. The largest absolute Gasteiger partial charge is 0.358 e. The second kappa shape index (κ2) is 5.77. The fourth-order valence-electron chi connectivity index (χ4n) is 1.32. The van der Waals surface area contributed by atoms with Gasteiger partial charge in [0, 0.05) is 5.54 Å². The lowest BCUT2D eigenvalue weighted by Gasteiger charge is -2.22. The van der Waals surface area contributed by atoms with E-state index in [2.05, 4.69) is 10.6 Å². The molecule has 1 aromatic rings. The van der Waals surface area contributed by atoms with Gasteiger partial charge in [-0.1, -0.05) is 30.3 Å². The van der Waals surface area contributed by atoms with Gasteiger partial charge in [0.15, 0.2) is 5.11 Å². The molecule has 0 fully saturated rings. The zero-order valence-electron chi connectivity index (χ0n) is 10.4. The van der Waals surface area contributed by atoms with E-state index in [4.69, 9.17) is 12.2 Å². The summed E-state index contributed by atoms with van der Waals surface area (Å²) in [7, 11) is 0. The van der Waals surface area contributed by atoms with Crippen LogP contribution in [0.25, 0.3) is 0 Å². The molecular formula is C13H18N2OS. The van der Waals surface area contributed by atoms with Gasteiger partial charge in [0.2, 0.25) is 5.91 Å². The Labute approximate surface area is 108 Å². The molecule has 0 bridgehead atoms. The van der Waals surface area contributed by atoms with Crippen LogP contribution in [-0.2, 0) is 11.2 Å². The quantitative estimate of drug-likeness (QED) is 0.789. The topological polar surface area (TPSA) is 41.1 Å². The third-order valence-corrected chi connectivity index (χ3v) is 2.15. The van der Waals surface area contributed by atoms with E-state index in [0.29, 0.717) is 11.5 Å². The number of carbonyl (C=O) groups excluding carboxylic acids is 1. The van der Waals surface area contributed by atoms with Crippen molar-refractivity contribution in [1.29, 1.82) is 0 Å². The van der Waals surface area contributed by atoms with Crippen LogP contribution in [0.5, 0.6) is 0 Å². The highest BCUT2D eigenvalue weighted by Crippen LogP contribution is 2.00. The molecule has 3 nitrogen and oxygen atoms in total. The molecule has 0 unspecified atom stereocenters. The van der Waals surface area contributed by atoms with Crippen molar-refractivity contribution < 1.29 is 4.79 Å². The van der Waals surface area contributed by atoms with Crippen molar-refractivity contribution in [1.82, 2.24) is 10.6 Å². The van der Waals surface area contributed by atoms with Gasteiger partial charge in [-0.3, -0.25) is 4.79 Å². The Morgan fingerprint density at radius 3 is 2.35 bits per heavy atom. The van der Waals surface area contributed by atoms with Gasteiger partial charge in [0.1, 0.15) is 0 Å². The van der Waals surface area contributed by atoms with E-state index in [1.807, 2.05) is 51.1 Å². The van der Waals surface area contributed by atoms with Crippen LogP contribution < -0.4 is 10.6 Å². The summed E-state index contributed by atoms with van der Waals surface area (Å²) in [6, 6.07) is 9.58. The molecule has 92 valence electrons. The van der Waals surface area contributed by atoms with Crippen LogP contribution in [0.3, 0.4) is 0 Å². The first-order valence-electron chi connectivity index (χ1n) is 5.53. The summed E-state index contributed by atoms with van der Waals surface area (Å²) in [5.41, 5.74) is 0.834. The maximum Gasteiger partial charge on any atom is 0.230 e. The van der Waals surface area contributed by atoms with Gasteiger partial charge in [-0.2, -0.15) is 0 Å². The Balaban J connectivity index is 2.43. The van der Waals surface area contributed by atoms with E-state index in [0.717, 1.165) is 5.56 Å². The molecule has 0 saturated heterocycles. The van der Waals surface area contributed by atoms with E-state index in [1.165, 1.54) is 0 Å². The lowest BCUT2D eigenvalue weighted by Crippen LogP contribution is -2.48. The number of carbonyl (C=O) groups is 1.